The Morgan fingerprint density at radius 3 is 3.11 bits per heavy atom. The van der Waals surface area contributed by atoms with Crippen LogP contribution in [0.5, 0.6) is 5.75 Å². The SMILES string of the molecule is COc1ccc2c(c1)c1c(n2C)COC[C@@H]1CC=O. The van der Waals surface area contributed by atoms with Gasteiger partial charge in [0.25, 0.3) is 0 Å². The minimum Gasteiger partial charge on any atom is -0.497 e. The van der Waals surface area contributed by atoms with Gasteiger partial charge < -0.3 is 18.8 Å². The summed E-state index contributed by atoms with van der Waals surface area (Å²) in [4.78, 5) is 10.9. The first-order chi connectivity index (χ1) is 9.26. The van der Waals surface area contributed by atoms with Crippen LogP contribution in [0, 0.1) is 0 Å². The molecular weight excluding hydrogens is 242 g/mol. The van der Waals surface area contributed by atoms with Crippen molar-refractivity contribution in [1.29, 1.82) is 0 Å². The van der Waals surface area contributed by atoms with Crippen LogP contribution >= 0.6 is 0 Å². The fourth-order valence-corrected chi connectivity index (χ4v) is 2.95. The Balaban J connectivity index is 2.26. The van der Waals surface area contributed by atoms with E-state index < -0.39 is 0 Å². The van der Waals surface area contributed by atoms with Crippen molar-refractivity contribution in [3.8, 4) is 5.75 Å². The van der Waals surface area contributed by atoms with Crippen molar-refractivity contribution < 1.29 is 14.3 Å². The van der Waals surface area contributed by atoms with Crippen molar-refractivity contribution in [1.82, 2.24) is 4.57 Å². The van der Waals surface area contributed by atoms with Gasteiger partial charge in [0.1, 0.15) is 12.0 Å². The zero-order valence-corrected chi connectivity index (χ0v) is 11.2. The maximum Gasteiger partial charge on any atom is 0.120 e. The number of aryl methyl sites for hydroxylation is 1. The second kappa shape index (κ2) is 4.70. The molecule has 2 heterocycles. The van der Waals surface area contributed by atoms with Crippen LogP contribution < -0.4 is 4.74 Å². The van der Waals surface area contributed by atoms with E-state index in [0.717, 1.165) is 17.6 Å². The average molecular weight is 259 g/mol. The van der Waals surface area contributed by atoms with Crippen LogP contribution in [-0.4, -0.2) is 24.6 Å². The topological polar surface area (TPSA) is 40.5 Å². The van der Waals surface area contributed by atoms with Gasteiger partial charge in [-0.1, -0.05) is 0 Å². The van der Waals surface area contributed by atoms with Crippen molar-refractivity contribution in [2.75, 3.05) is 13.7 Å². The molecule has 4 heteroatoms. The number of methoxy groups -OCH3 is 1. The molecule has 1 atom stereocenters. The first-order valence-corrected chi connectivity index (χ1v) is 6.42. The summed E-state index contributed by atoms with van der Waals surface area (Å²) >= 11 is 0. The van der Waals surface area contributed by atoms with Crippen LogP contribution in [0.3, 0.4) is 0 Å². The van der Waals surface area contributed by atoms with E-state index in [4.69, 9.17) is 9.47 Å². The van der Waals surface area contributed by atoms with Gasteiger partial charge in [0.05, 0.1) is 20.3 Å². The van der Waals surface area contributed by atoms with Gasteiger partial charge in [0.2, 0.25) is 0 Å². The molecular formula is C15H17NO3. The predicted octanol–water partition coefficient (Wildman–Crippen LogP) is 2.39. The summed E-state index contributed by atoms with van der Waals surface area (Å²) in [6, 6.07) is 6.07. The van der Waals surface area contributed by atoms with Gasteiger partial charge in [0, 0.05) is 36.0 Å². The van der Waals surface area contributed by atoms with Gasteiger partial charge in [-0.05, 0) is 23.8 Å². The zero-order chi connectivity index (χ0) is 13.4. The molecule has 0 unspecified atom stereocenters. The monoisotopic (exact) mass is 259 g/mol. The summed E-state index contributed by atoms with van der Waals surface area (Å²) in [6.07, 6.45) is 1.48. The quantitative estimate of drug-likeness (QED) is 0.795. The van der Waals surface area contributed by atoms with Crippen LogP contribution in [0.15, 0.2) is 18.2 Å². The average Bonchev–Trinajstić information content (AvgIpc) is 2.73. The molecule has 0 N–H and O–H groups in total. The Labute approximate surface area is 111 Å². The number of ether oxygens (including phenoxy) is 2. The van der Waals surface area contributed by atoms with Crippen LogP contribution in [0.2, 0.25) is 0 Å². The summed E-state index contributed by atoms with van der Waals surface area (Å²) in [6.45, 7) is 1.22. The number of carbonyl (C=O) groups excluding carboxylic acids is 1. The second-order valence-corrected chi connectivity index (χ2v) is 4.92. The number of hydrogen-bond donors (Lipinski definition) is 0. The lowest BCUT2D eigenvalue weighted by molar-refractivity contribution is -0.108. The first-order valence-electron chi connectivity index (χ1n) is 6.42. The molecule has 0 bridgehead atoms. The summed E-state index contributed by atoms with van der Waals surface area (Å²) < 4.78 is 13.1. The third-order valence-electron chi connectivity index (χ3n) is 3.92. The first kappa shape index (κ1) is 12.2. The van der Waals surface area contributed by atoms with Crippen molar-refractivity contribution in [2.24, 2.45) is 7.05 Å². The van der Waals surface area contributed by atoms with E-state index in [-0.39, 0.29) is 5.92 Å². The minimum atomic E-state index is 0.150. The van der Waals surface area contributed by atoms with Gasteiger partial charge in [-0.2, -0.15) is 0 Å². The lowest BCUT2D eigenvalue weighted by Gasteiger charge is -2.22. The molecule has 1 aromatic heterocycles. The Morgan fingerprint density at radius 1 is 1.53 bits per heavy atom. The summed E-state index contributed by atoms with van der Waals surface area (Å²) in [5.41, 5.74) is 3.57. The maximum atomic E-state index is 10.9. The van der Waals surface area contributed by atoms with Crippen molar-refractivity contribution in [3.63, 3.8) is 0 Å². The number of nitrogens with zero attached hydrogens (tertiary/aromatic N) is 1. The zero-order valence-electron chi connectivity index (χ0n) is 11.2. The number of benzene rings is 1. The molecule has 1 aromatic carbocycles. The molecule has 0 spiro atoms. The highest BCUT2D eigenvalue weighted by Gasteiger charge is 2.27. The third-order valence-corrected chi connectivity index (χ3v) is 3.92. The molecule has 0 saturated heterocycles. The highest BCUT2D eigenvalue weighted by atomic mass is 16.5. The Kier molecular flexibility index (Phi) is 3.03. The molecule has 4 nitrogen and oxygen atoms in total. The van der Waals surface area contributed by atoms with Gasteiger partial charge in [-0.3, -0.25) is 0 Å². The number of fused-ring (bicyclic) bond motifs is 3. The van der Waals surface area contributed by atoms with Crippen molar-refractivity contribution >= 4 is 17.2 Å². The largest absolute Gasteiger partial charge is 0.497 e. The molecule has 3 rings (SSSR count). The molecule has 1 aliphatic heterocycles. The standard InChI is InChI=1S/C15H17NO3/c1-16-13-4-3-11(18-2)7-12(13)15-10(5-6-17)8-19-9-14(15)16/h3-4,6-7,10H,5,8-9H2,1-2H3/t10-/m0/s1. The lowest BCUT2D eigenvalue weighted by Crippen LogP contribution is -2.17. The highest BCUT2D eigenvalue weighted by molar-refractivity contribution is 5.88. The van der Waals surface area contributed by atoms with Crippen LogP contribution in [0.4, 0.5) is 0 Å². The van der Waals surface area contributed by atoms with Crippen molar-refractivity contribution in [2.45, 2.75) is 18.9 Å². The molecule has 100 valence electrons. The van der Waals surface area contributed by atoms with Crippen molar-refractivity contribution in [3.05, 3.63) is 29.5 Å². The van der Waals surface area contributed by atoms with Gasteiger partial charge in [-0.25, -0.2) is 0 Å². The Bertz CT molecular complexity index is 630. The summed E-state index contributed by atoms with van der Waals surface area (Å²) in [7, 11) is 3.71. The molecule has 19 heavy (non-hydrogen) atoms. The smallest absolute Gasteiger partial charge is 0.120 e. The fourth-order valence-electron chi connectivity index (χ4n) is 2.95. The molecule has 0 aliphatic carbocycles. The van der Waals surface area contributed by atoms with E-state index in [0.29, 0.717) is 19.6 Å². The molecule has 1 aliphatic rings. The second-order valence-electron chi connectivity index (χ2n) is 4.92. The Morgan fingerprint density at radius 2 is 2.37 bits per heavy atom. The molecule has 0 radical (unpaired) electrons. The van der Waals surface area contributed by atoms with E-state index >= 15 is 0 Å². The van der Waals surface area contributed by atoms with E-state index in [1.165, 1.54) is 16.6 Å². The predicted molar refractivity (Wildman–Crippen MR) is 72.5 cm³/mol. The van der Waals surface area contributed by atoms with E-state index in [1.54, 1.807) is 7.11 Å². The van der Waals surface area contributed by atoms with E-state index in [2.05, 4.69) is 16.7 Å². The summed E-state index contributed by atoms with van der Waals surface area (Å²) in [5, 5.41) is 1.17. The molecule has 0 amide bonds. The van der Waals surface area contributed by atoms with Gasteiger partial charge >= 0.3 is 0 Å². The molecule has 2 aromatic rings. The number of rotatable bonds is 3. The Hall–Kier alpha value is -1.81. The highest BCUT2D eigenvalue weighted by Crippen LogP contribution is 2.38. The maximum absolute atomic E-state index is 10.9. The van der Waals surface area contributed by atoms with Gasteiger partial charge in [-0.15, -0.1) is 0 Å². The normalized spacial score (nSPS) is 18.3. The fraction of sp³-hybridized carbons (Fsp3) is 0.400. The third kappa shape index (κ3) is 1.83. The summed E-state index contributed by atoms with van der Waals surface area (Å²) in [5.74, 6) is 0.995. The number of aldehydes is 1. The molecule has 0 saturated carbocycles. The lowest BCUT2D eigenvalue weighted by atomic mass is 9.92. The van der Waals surface area contributed by atoms with E-state index in [9.17, 15) is 4.79 Å². The number of carbonyl (C=O) groups is 1. The van der Waals surface area contributed by atoms with Gasteiger partial charge in [0.15, 0.2) is 0 Å². The minimum absolute atomic E-state index is 0.150. The van der Waals surface area contributed by atoms with E-state index in [1.807, 2.05) is 13.1 Å². The van der Waals surface area contributed by atoms with Crippen LogP contribution in [0.1, 0.15) is 23.6 Å². The van der Waals surface area contributed by atoms with Crippen LogP contribution in [0.25, 0.3) is 10.9 Å². The number of aromatic nitrogens is 1. The molecule has 0 fully saturated rings. The number of hydrogen-bond acceptors (Lipinski definition) is 3. The van der Waals surface area contributed by atoms with Crippen LogP contribution in [-0.2, 0) is 23.2 Å².